The van der Waals surface area contributed by atoms with Crippen LogP contribution in [0.4, 0.5) is 0 Å². The van der Waals surface area contributed by atoms with Gasteiger partial charge in [0.05, 0.1) is 6.61 Å². The normalized spacial score (nSPS) is 33.4. The van der Waals surface area contributed by atoms with Gasteiger partial charge in [0.2, 0.25) is 0 Å². The van der Waals surface area contributed by atoms with Gasteiger partial charge in [0.25, 0.3) is 0 Å². The first-order valence-corrected chi connectivity index (χ1v) is 7.65. The minimum Gasteiger partial charge on any atom is -0.494 e. The number of nitrogens with two attached hydrogens (primary N) is 1. The third-order valence-corrected chi connectivity index (χ3v) is 5.61. The Bertz CT molecular complexity index is 413. The van der Waals surface area contributed by atoms with E-state index in [1.54, 1.807) is 0 Å². The number of hydrogen-bond acceptors (Lipinski definition) is 2. The molecule has 3 fully saturated rings. The van der Waals surface area contributed by atoms with Gasteiger partial charge in [-0.15, -0.1) is 0 Å². The fourth-order valence-corrected chi connectivity index (χ4v) is 4.07. The summed E-state index contributed by atoms with van der Waals surface area (Å²) < 4.78 is 5.54. The van der Waals surface area contributed by atoms with Gasteiger partial charge in [0, 0.05) is 0 Å². The molecule has 0 saturated heterocycles. The molecule has 0 unspecified atom stereocenters. The zero-order chi connectivity index (χ0) is 13.3. The largest absolute Gasteiger partial charge is 0.494 e. The van der Waals surface area contributed by atoms with E-state index in [1.807, 2.05) is 6.92 Å². The fourth-order valence-electron chi connectivity index (χ4n) is 4.07. The molecule has 1 aromatic carbocycles. The first-order valence-electron chi connectivity index (χ1n) is 7.65. The van der Waals surface area contributed by atoms with E-state index in [9.17, 15) is 0 Å². The second kappa shape index (κ2) is 4.82. The fraction of sp³-hybridized carbons (Fsp3) is 0.647. The first kappa shape index (κ1) is 13.0. The summed E-state index contributed by atoms with van der Waals surface area (Å²) in [6, 6.07) is 8.83. The molecule has 0 heterocycles. The molecule has 104 valence electrons. The molecule has 2 nitrogen and oxygen atoms in total. The molecule has 0 aromatic heterocycles. The first-order chi connectivity index (χ1) is 9.22. The molecular weight excluding hydrogens is 234 g/mol. The molecule has 3 aliphatic carbocycles. The van der Waals surface area contributed by atoms with Crippen molar-refractivity contribution in [2.75, 3.05) is 13.2 Å². The van der Waals surface area contributed by atoms with Crippen LogP contribution in [0.2, 0.25) is 0 Å². The minimum atomic E-state index is 0.432. The molecule has 0 atom stereocenters. The monoisotopic (exact) mass is 259 g/mol. The van der Waals surface area contributed by atoms with Crippen molar-refractivity contribution < 1.29 is 4.74 Å². The van der Waals surface area contributed by atoms with Crippen LogP contribution in [0, 0.1) is 5.41 Å². The van der Waals surface area contributed by atoms with Crippen LogP contribution in [0.5, 0.6) is 5.75 Å². The van der Waals surface area contributed by atoms with Crippen LogP contribution < -0.4 is 10.5 Å². The van der Waals surface area contributed by atoms with Gasteiger partial charge < -0.3 is 10.5 Å². The van der Waals surface area contributed by atoms with E-state index in [0.29, 0.717) is 10.8 Å². The standard InChI is InChI=1S/C17H25NO/c1-2-19-15-5-3-14(4-6-15)17-10-7-16(13-18,8-11-17)9-12-17/h3-6H,2,7-13,18H2,1H3. The van der Waals surface area contributed by atoms with Gasteiger partial charge in [-0.2, -0.15) is 0 Å². The number of rotatable bonds is 4. The van der Waals surface area contributed by atoms with Crippen molar-refractivity contribution in [3.63, 3.8) is 0 Å². The minimum absolute atomic E-state index is 0.432. The van der Waals surface area contributed by atoms with E-state index < -0.39 is 0 Å². The lowest BCUT2D eigenvalue weighted by molar-refractivity contribution is 0.0471. The topological polar surface area (TPSA) is 35.2 Å². The Kier molecular flexibility index (Phi) is 3.30. The van der Waals surface area contributed by atoms with Crippen molar-refractivity contribution >= 4 is 0 Å². The molecule has 0 amide bonds. The maximum Gasteiger partial charge on any atom is 0.119 e. The molecule has 0 spiro atoms. The maximum atomic E-state index is 5.99. The summed E-state index contributed by atoms with van der Waals surface area (Å²) in [5, 5.41) is 0. The average Bonchev–Trinajstić information content (AvgIpc) is 2.50. The summed E-state index contributed by atoms with van der Waals surface area (Å²) in [4.78, 5) is 0. The lowest BCUT2D eigenvalue weighted by Gasteiger charge is -2.53. The summed E-state index contributed by atoms with van der Waals surface area (Å²) in [6.45, 7) is 3.65. The number of ether oxygens (including phenoxy) is 1. The van der Waals surface area contributed by atoms with Crippen molar-refractivity contribution in [1.29, 1.82) is 0 Å². The third kappa shape index (κ3) is 2.16. The molecule has 3 aliphatic rings. The Labute approximate surface area is 116 Å². The van der Waals surface area contributed by atoms with Crippen LogP contribution in [-0.4, -0.2) is 13.2 Å². The summed E-state index contributed by atoms with van der Waals surface area (Å²) in [5.41, 5.74) is 8.42. The summed E-state index contributed by atoms with van der Waals surface area (Å²) in [5.74, 6) is 0.991. The van der Waals surface area contributed by atoms with E-state index in [4.69, 9.17) is 10.5 Å². The van der Waals surface area contributed by atoms with Crippen molar-refractivity contribution in [1.82, 2.24) is 0 Å². The summed E-state index contributed by atoms with van der Waals surface area (Å²) >= 11 is 0. The molecule has 2 N–H and O–H groups in total. The Morgan fingerprint density at radius 1 is 1.00 bits per heavy atom. The molecular formula is C17H25NO. The lowest BCUT2D eigenvalue weighted by atomic mass is 9.52. The van der Waals surface area contributed by atoms with Gasteiger partial charge in [-0.05, 0) is 80.5 Å². The SMILES string of the molecule is CCOc1ccc(C23CCC(CN)(CC2)CC3)cc1. The predicted octanol–water partition coefficient (Wildman–Crippen LogP) is 3.64. The Hall–Kier alpha value is -1.02. The second-order valence-electron chi connectivity index (χ2n) is 6.44. The van der Waals surface area contributed by atoms with Crippen LogP contribution >= 0.6 is 0 Å². The molecule has 4 rings (SSSR count). The zero-order valence-electron chi connectivity index (χ0n) is 12.0. The highest BCUT2D eigenvalue weighted by Crippen LogP contribution is 2.57. The molecule has 2 heteroatoms. The Balaban J connectivity index is 1.79. The highest BCUT2D eigenvalue weighted by atomic mass is 16.5. The van der Waals surface area contributed by atoms with Crippen molar-refractivity contribution in [2.45, 2.75) is 50.9 Å². The van der Waals surface area contributed by atoms with E-state index in [0.717, 1.165) is 18.9 Å². The highest BCUT2D eigenvalue weighted by molar-refractivity contribution is 5.34. The van der Waals surface area contributed by atoms with Gasteiger partial charge in [-0.1, -0.05) is 12.1 Å². The van der Waals surface area contributed by atoms with Crippen LogP contribution in [0.25, 0.3) is 0 Å². The number of hydrogen-bond donors (Lipinski definition) is 1. The number of fused-ring (bicyclic) bond motifs is 3. The quantitative estimate of drug-likeness (QED) is 0.896. The van der Waals surface area contributed by atoms with E-state index in [2.05, 4.69) is 24.3 Å². The maximum absolute atomic E-state index is 5.99. The Morgan fingerprint density at radius 3 is 2.05 bits per heavy atom. The molecule has 0 aliphatic heterocycles. The van der Waals surface area contributed by atoms with Crippen LogP contribution in [0.3, 0.4) is 0 Å². The third-order valence-electron chi connectivity index (χ3n) is 5.61. The summed E-state index contributed by atoms with van der Waals surface area (Å²) in [6.07, 6.45) is 7.90. The highest BCUT2D eigenvalue weighted by Gasteiger charge is 2.48. The molecule has 2 bridgehead atoms. The number of benzene rings is 1. The van der Waals surface area contributed by atoms with Crippen molar-refractivity contribution in [3.8, 4) is 5.75 Å². The second-order valence-corrected chi connectivity index (χ2v) is 6.44. The van der Waals surface area contributed by atoms with Crippen LogP contribution in [-0.2, 0) is 5.41 Å². The predicted molar refractivity (Wildman–Crippen MR) is 78.5 cm³/mol. The van der Waals surface area contributed by atoms with Crippen LogP contribution in [0.15, 0.2) is 24.3 Å². The van der Waals surface area contributed by atoms with Crippen molar-refractivity contribution in [3.05, 3.63) is 29.8 Å². The van der Waals surface area contributed by atoms with Crippen LogP contribution in [0.1, 0.15) is 51.0 Å². The summed E-state index contributed by atoms with van der Waals surface area (Å²) in [7, 11) is 0. The molecule has 0 radical (unpaired) electrons. The molecule has 1 aromatic rings. The Morgan fingerprint density at radius 2 is 1.58 bits per heavy atom. The van der Waals surface area contributed by atoms with Gasteiger partial charge in [0.1, 0.15) is 5.75 Å². The van der Waals surface area contributed by atoms with Crippen molar-refractivity contribution in [2.24, 2.45) is 11.1 Å². The zero-order valence-corrected chi connectivity index (χ0v) is 12.0. The van der Waals surface area contributed by atoms with E-state index >= 15 is 0 Å². The smallest absolute Gasteiger partial charge is 0.119 e. The molecule has 3 saturated carbocycles. The molecule has 19 heavy (non-hydrogen) atoms. The average molecular weight is 259 g/mol. The van der Waals surface area contributed by atoms with E-state index in [1.165, 1.54) is 44.1 Å². The van der Waals surface area contributed by atoms with Gasteiger partial charge >= 0.3 is 0 Å². The van der Waals surface area contributed by atoms with Gasteiger partial charge in [0.15, 0.2) is 0 Å². The van der Waals surface area contributed by atoms with E-state index in [-0.39, 0.29) is 0 Å². The lowest BCUT2D eigenvalue weighted by Crippen LogP contribution is -2.47. The van der Waals surface area contributed by atoms with Gasteiger partial charge in [-0.25, -0.2) is 0 Å². The van der Waals surface area contributed by atoms with Gasteiger partial charge in [-0.3, -0.25) is 0 Å².